The van der Waals surface area contributed by atoms with Crippen LogP contribution in [0.1, 0.15) is 0 Å². The first kappa shape index (κ1) is 16.8. The van der Waals surface area contributed by atoms with Gasteiger partial charge < -0.3 is 0 Å². The van der Waals surface area contributed by atoms with Gasteiger partial charge in [-0.25, -0.2) is 9.97 Å². The zero-order valence-electron chi connectivity index (χ0n) is 13.7. The molecule has 2 nitrogen and oxygen atoms in total. The van der Waals surface area contributed by atoms with Gasteiger partial charge in [-0.05, 0) is 12.1 Å². The lowest BCUT2D eigenvalue weighted by atomic mass is 10.0. The molecule has 126 valence electrons. The SMILES string of the molecule is Clc1ccc(-c2nc(-c3ccccc3)c(-c3ccccc3)nc2Cl)cc1. The Morgan fingerprint density at radius 3 is 1.46 bits per heavy atom. The average molecular weight is 377 g/mol. The van der Waals surface area contributed by atoms with Crippen LogP contribution in [0.25, 0.3) is 33.8 Å². The third-order valence-electron chi connectivity index (χ3n) is 4.07. The molecule has 1 aromatic heterocycles. The minimum absolute atomic E-state index is 0.367. The van der Waals surface area contributed by atoms with E-state index in [4.69, 9.17) is 28.2 Å². The zero-order valence-corrected chi connectivity index (χ0v) is 15.2. The maximum atomic E-state index is 6.51. The molecule has 0 aliphatic rings. The van der Waals surface area contributed by atoms with Crippen molar-refractivity contribution in [2.75, 3.05) is 0 Å². The molecule has 0 saturated heterocycles. The number of rotatable bonds is 3. The van der Waals surface area contributed by atoms with Crippen LogP contribution in [0.2, 0.25) is 10.2 Å². The largest absolute Gasteiger partial charge is 0.242 e. The Kier molecular flexibility index (Phi) is 4.70. The van der Waals surface area contributed by atoms with E-state index in [1.54, 1.807) is 0 Å². The lowest BCUT2D eigenvalue weighted by molar-refractivity contribution is 1.21. The van der Waals surface area contributed by atoms with E-state index in [2.05, 4.69) is 4.98 Å². The van der Waals surface area contributed by atoms with Gasteiger partial charge in [-0.3, -0.25) is 0 Å². The maximum Gasteiger partial charge on any atom is 0.156 e. The van der Waals surface area contributed by atoms with E-state index in [9.17, 15) is 0 Å². The van der Waals surface area contributed by atoms with Crippen LogP contribution in [0.5, 0.6) is 0 Å². The van der Waals surface area contributed by atoms with Crippen LogP contribution < -0.4 is 0 Å². The molecule has 0 aliphatic heterocycles. The maximum absolute atomic E-state index is 6.51. The second-order valence-electron chi connectivity index (χ2n) is 5.80. The molecular formula is C22H14Cl2N2. The van der Waals surface area contributed by atoms with Gasteiger partial charge in [0.1, 0.15) is 5.69 Å². The summed E-state index contributed by atoms with van der Waals surface area (Å²) < 4.78 is 0. The Bertz CT molecular complexity index is 1030. The van der Waals surface area contributed by atoms with Crippen LogP contribution in [0.3, 0.4) is 0 Å². The van der Waals surface area contributed by atoms with Crippen molar-refractivity contribution in [2.24, 2.45) is 0 Å². The summed E-state index contributed by atoms with van der Waals surface area (Å²) in [5.41, 5.74) is 5.05. The third kappa shape index (κ3) is 3.34. The van der Waals surface area contributed by atoms with Crippen molar-refractivity contribution in [1.82, 2.24) is 9.97 Å². The van der Waals surface area contributed by atoms with E-state index in [0.29, 0.717) is 15.9 Å². The average Bonchev–Trinajstić information content (AvgIpc) is 2.70. The standard InChI is InChI=1S/C22H14Cl2N2/c23-18-13-11-17(12-14-18)21-22(24)26-20(16-9-5-2-6-10-16)19(25-21)15-7-3-1-4-8-15/h1-14H. The summed E-state index contributed by atoms with van der Waals surface area (Å²) in [4.78, 5) is 9.57. The van der Waals surface area contributed by atoms with Crippen LogP contribution in [0.15, 0.2) is 84.9 Å². The summed E-state index contributed by atoms with van der Waals surface area (Å²) in [6.07, 6.45) is 0. The Balaban J connectivity index is 1.96. The highest BCUT2D eigenvalue weighted by molar-refractivity contribution is 6.32. The number of aromatic nitrogens is 2. The second-order valence-corrected chi connectivity index (χ2v) is 6.59. The molecule has 4 aromatic rings. The van der Waals surface area contributed by atoms with Crippen LogP contribution in [-0.4, -0.2) is 9.97 Å². The van der Waals surface area contributed by atoms with Crippen molar-refractivity contribution < 1.29 is 0 Å². The van der Waals surface area contributed by atoms with Crippen molar-refractivity contribution in [2.45, 2.75) is 0 Å². The highest BCUT2D eigenvalue weighted by Crippen LogP contribution is 2.34. The van der Waals surface area contributed by atoms with Crippen LogP contribution in [-0.2, 0) is 0 Å². The molecular weight excluding hydrogens is 363 g/mol. The molecule has 0 fully saturated rings. The van der Waals surface area contributed by atoms with Gasteiger partial charge >= 0.3 is 0 Å². The van der Waals surface area contributed by atoms with Gasteiger partial charge in [0, 0.05) is 21.7 Å². The summed E-state index contributed by atoms with van der Waals surface area (Å²) >= 11 is 12.5. The lowest BCUT2D eigenvalue weighted by Gasteiger charge is -2.12. The van der Waals surface area contributed by atoms with E-state index in [1.165, 1.54) is 0 Å². The van der Waals surface area contributed by atoms with Crippen molar-refractivity contribution in [3.8, 4) is 33.8 Å². The van der Waals surface area contributed by atoms with Gasteiger partial charge in [0.15, 0.2) is 5.15 Å². The number of hydrogen-bond donors (Lipinski definition) is 0. The third-order valence-corrected chi connectivity index (χ3v) is 4.58. The molecule has 26 heavy (non-hydrogen) atoms. The Morgan fingerprint density at radius 1 is 0.462 bits per heavy atom. The molecule has 0 bridgehead atoms. The molecule has 0 amide bonds. The van der Waals surface area contributed by atoms with Crippen molar-refractivity contribution in [3.05, 3.63) is 95.1 Å². The van der Waals surface area contributed by atoms with Crippen molar-refractivity contribution in [3.63, 3.8) is 0 Å². The minimum Gasteiger partial charge on any atom is -0.242 e. The van der Waals surface area contributed by atoms with Crippen LogP contribution >= 0.6 is 23.2 Å². The molecule has 0 aliphatic carbocycles. The number of halogens is 2. The number of benzene rings is 3. The van der Waals surface area contributed by atoms with E-state index in [-0.39, 0.29) is 0 Å². The first-order chi connectivity index (χ1) is 12.7. The molecule has 0 radical (unpaired) electrons. The van der Waals surface area contributed by atoms with Gasteiger partial charge in [0.2, 0.25) is 0 Å². The van der Waals surface area contributed by atoms with Gasteiger partial charge in [0.25, 0.3) is 0 Å². The summed E-state index contributed by atoms with van der Waals surface area (Å²) in [6.45, 7) is 0. The highest BCUT2D eigenvalue weighted by atomic mass is 35.5. The quantitative estimate of drug-likeness (QED) is 0.393. The van der Waals surface area contributed by atoms with Gasteiger partial charge in [-0.2, -0.15) is 0 Å². The molecule has 0 unspecified atom stereocenters. The molecule has 4 rings (SSSR count). The van der Waals surface area contributed by atoms with E-state index >= 15 is 0 Å². The van der Waals surface area contributed by atoms with E-state index in [0.717, 1.165) is 28.1 Å². The second kappa shape index (κ2) is 7.28. The van der Waals surface area contributed by atoms with Gasteiger partial charge in [-0.1, -0.05) is 96.0 Å². The molecule has 0 spiro atoms. The fourth-order valence-electron chi connectivity index (χ4n) is 2.80. The van der Waals surface area contributed by atoms with Crippen molar-refractivity contribution >= 4 is 23.2 Å². The van der Waals surface area contributed by atoms with Crippen LogP contribution in [0.4, 0.5) is 0 Å². The topological polar surface area (TPSA) is 25.8 Å². The summed E-state index contributed by atoms with van der Waals surface area (Å²) in [5, 5.41) is 1.04. The summed E-state index contributed by atoms with van der Waals surface area (Å²) in [5.74, 6) is 0. The fourth-order valence-corrected chi connectivity index (χ4v) is 3.16. The van der Waals surface area contributed by atoms with E-state index in [1.807, 2.05) is 84.9 Å². The van der Waals surface area contributed by atoms with Gasteiger partial charge in [0.05, 0.1) is 11.4 Å². The predicted molar refractivity (Wildman–Crippen MR) is 108 cm³/mol. The predicted octanol–water partition coefficient (Wildman–Crippen LogP) is 6.78. The smallest absolute Gasteiger partial charge is 0.156 e. The summed E-state index contributed by atoms with van der Waals surface area (Å²) in [7, 11) is 0. The molecule has 3 aromatic carbocycles. The minimum atomic E-state index is 0.367. The molecule has 4 heteroatoms. The zero-order chi connectivity index (χ0) is 17.9. The monoisotopic (exact) mass is 376 g/mol. The lowest BCUT2D eigenvalue weighted by Crippen LogP contribution is -1.98. The first-order valence-electron chi connectivity index (χ1n) is 8.17. The van der Waals surface area contributed by atoms with Crippen LogP contribution in [0, 0.1) is 0 Å². The molecule has 1 heterocycles. The summed E-state index contributed by atoms with van der Waals surface area (Å²) in [6, 6.07) is 27.4. The Morgan fingerprint density at radius 2 is 0.923 bits per heavy atom. The number of hydrogen-bond acceptors (Lipinski definition) is 2. The molecule has 0 N–H and O–H groups in total. The molecule has 0 atom stereocenters. The van der Waals surface area contributed by atoms with Crippen molar-refractivity contribution in [1.29, 1.82) is 0 Å². The number of nitrogens with zero attached hydrogens (tertiary/aromatic N) is 2. The Labute approximate surface area is 162 Å². The highest BCUT2D eigenvalue weighted by Gasteiger charge is 2.16. The molecule has 0 saturated carbocycles. The first-order valence-corrected chi connectivity index (χ1v) is 8.92. The normalized spacial score (nSPS) is 10.7. The van der Waals surface area contributed by atoms with Gasteiger partial charge in [-0.15, -0.1) is 0 Å². The fraction of sp³-hybridized carbons (Fsp3) is 0. The Hall–Kier alpha value is -2.68. The van der Waals surface area contributed by atoms with E-state index < -0.39 is 0 Å².